The van der Waals surface area contributed by atoms with Crippen molar-refractivity contribution in [2.24, 2.45) is 0 Å². The van der Waals surface area contributed by atoms with E-state index in [1.165, 1.54) is 0 Å². The lowest BCUT2D eigenvalue weighted by atomic mass is 9.86. The molecule has 0 aromatic heterocycles. The van der Waals surface area contributed by atoms with Gasteiger partial charge >= 0.3 is 0 Å². The molecule has 0 aliphatic rings. The van der Waals surface area contributed by atoms with Crippen LogP contribution in [-0.2, 0) is 0 Å². The topological polar surface area (TPSA) is 58.9 Å². The molecule has 2 N–H and O–H groups in total. The van der Waals surface area contributed by atoms with E-state index in [0.29, 0.717) is 33.8 Å². The summed E-state index contributed by atoms with van der Waals surface area (Å²) in [5, 5.41) is 27.8. The summed E-state index contributed by atoms with van der Waals surface area (Å²) < 4.78 is 11.4. The third kappa shape index (κ3) is 4.09. The number of hydrogen-bond donors (Lipinski definition) is 2. The Labute approximate surface area is 233 Å². The molecule has 0 aliphatic heterocycles. The Balaban J connectivity index is 1.78. The van der Waals surface area contributed by atoms with Crippen LogP contribution in [0.25, 0.3) is 54.9 Å². The number of fused-ring (bicyclic) bond motifs is 2. The minimum atomic E-state index is 0.0800. The van der Waals surface area contributed by atoms with Crippen LogP contribution in [0, 0.1) is 13.8 Å². The van der Waals surface area contributed by atoms with E-state index >= 15 is 0 Å². The van der Waals surface area contributed by atoms with E-state index in [4.69, 9.17) is 9.47 Å². The van der Waals surface area contributed by atoms with Crippen molar-refractivity contribution in [2.45, 2.75) is 13.8 Å². The lowest BCUT2D eigenvalue weighted by Crippen LogP contribution is -1.95. The molecule has 0 atom stereocenters. The van der Waals surface area contributed by atoms with E-state index in [1.54, 1.807) is 14.2 Å². The molecule has 0 unspecified atom stereocenters. The molecule has 40 heavy (non-hydrogen) atoms. The number of benzene rings is 6. The van der Waals surface area contributed by atoms with Gasteiger partial charge in [-0.25, -0.2) is 0 Å². The van der Waals surface area contributed by atoms with Crippen molar-refractivity contribution in [2.75, 3.05) is 14.2 Å². The molecular formula is C36H30O4. The molecular weight excluding hydrogens is 496 g/mol. The van der Waals surface area contributed by atoms with Crippen LogP contribution in [0.1, 0.15) is 11.1 Å². The van der Waals surface area contributed by atoms with Gasteiger partial charge in [-0.3, -0.25) is 0 Å². The van der Waals surface area contributed by atoms with Gasteiger partial charge in [0.05, 0.1) is 14.2 Å². The van der Waals surface area contributed by atoms with Crippen LogP contribution in [0.5, 0.6) is 23.0 Å². The molecule has 0 amide bonds. The van der Waals surface area contributed by atoms with E-state index in [2.05, 4.69) is 0 Å². The Morgan fingerprint density at radius 3 is 1.27 bits per heavy atom. The summed E-state index contributed by atoms with van der Waals surface area (Å²) in [6.07, 6.45) is 0. The summed E-state index contributed by atoms with van der Waals surface area (Å²) in [5.74, 6) is 1.48. The fourth-order valence-corrected chi connectivity index (χ4v) is 5.65. The molecule has 0 fully saturated rings. The third-order valence-electron chi connectivity index (χ3n) is 7.58. The first-order valence-electron chi connectivity index (χ1n) is 13.2. The molecule has 0 spiro atoms. The zero-order valence-electron chi connectivity index (χ0n) is 22.9. The van der Waals surface area contributed by atoms with Gasteiger partial charge in [-0.2, -0.15) is 0 Å². The number of rotatable bonds is 5. The SMILES string of the molecule is COc1ccc(C)cc1-c1cc2ccccc2c(-c2c(O)c(-c3cc(C)ccc3OC)cc3ccccc23)c1O. The highest BCUT2D eigenvalue weighted by Crippen LogP contribution is 2.53. The monoisotopic (exact) mass is 526 g/mol. The molecule has 0 heterocycles. The van der Waals surface area contributed by atoms with Crippen LogP contribution in [0.15, 0.2) is 97.1 Å². The number of ether oxygens (including phenoxy) is 2. The highest BCUT2D eigenvalue weighted by atomic mass is 16.5. The summed E-state index contributed by atoms with van der Waals surface area (Å²) >= 11 is 0. The van der Waals surface area contributed by atoms with Crippen LogP contribution < -0.4 is 9.47 Å². The van der Waals surface area contributed by atoms with Gasteiger partial charge < -0.3 is 19.7 Å². The quantitative estimate of drug-likeness (QED) is 0.235. The van der Waals surface area contributed by atoms with Crippen molar-refractivity contribution in [3.05, 3.63) is 108 Å². The van der Waals surface area contributed by atoms with Crippen molar-refractivity contribution in [3.8, 4) is 56.4 Å². The van der Waals surface area contributed by atoms with Gasteiger partial charge in [0, 0.05) is 33.4 Å². The summed E-state index contributed by atoms with van der Waals surface area (Å²) in [4.78, 5) is 0. The van der Waals surface area contributed by atoms with Crippen molar-refractivity contribution < 1.29 is 19.7 Å². The van der Waals surface area contributed by atoms with Crippen LogP contribution in [0.2, 0.25) is 0 Å². The number of aromatic hydroxyl groups is 2. The van der Waals surface area contributed by atoms with Crippen LogP contribution in [0.3, 0.4) is 0 Å². The second-order valence-corrected chi connectivity index (χ2v) is 10.1. The molecule has 0 saturated carbocycles. The van der Waals surface area contributed by atoms with E-state index < -0.39 is 0 Å². The second kappa shape index (κ2) is 9.97. The second-order valence-electron chi connectivity index (χ2n) is 10.1. The number of phenolic OH excluding ortho intramolecular Hbond substituents is 2. The minimum absolute atomic E-state index is 0.0800. The first-order valence-corrected chi connectivity index (χ1v) is 13.2. The Bertz CT molecular complexity index is 1780. The number of hydrogen-bond acceptors (Lipinski definition) is 4. The Morgan fingerprint density at radius 1 is 0.475 bits per heavy atom. The largest absolute Gasteiger partial charge is 0.507 e. The average molecular weight is 527 g/mol. The molecule has 0 bridgehead atoms. The predicted molar refractivity (Wildman–Crippen MR) is 164 cm³/mol. The number of aryl methyl sites for hydroxylation is 2. The van der Waals surface area contributed by atoms with E-state index in [9.17, 15) is 10.2 Å². The molecule has 6 rings (SSSR count). The lowest BCUT2D eigenvalue weighted by Gasteiger charge is -2.21. The summed E-state index contributed by atoms with van der Waals surface area (Å²) in [5.41, 5.74) is 6.07. The summed E-state index contributed by atoms with van der Waals surface area (Å²) in [6, 6.07) is 31.7. The zero-order chi connectivity index (χ0) is 28.0. The highest BCUT2D eigenvalue weighted by Gasteiger charge is 2.25. The molecule has 6 aromatic rings. The van der Waals surface area contributed by atoms with E-state index in [-0.39, 0.29) is 11.5 Å². The van der Waals surface area contributed by atoms with Crippen molar-refractivity contribution in [3.63, 3.8) is 0 Å². The van der Waals surface area contributed by atoms with Gasteiger partial charge in [-0.1, -0.05) is 71.8 Å². The minimum Gasteiger partial charge on any atom is -0.507 e. The first kappa shape index (κ1) is 25.3. The zero-order valence-corrected chi connectivity index (χ0v) is 22.9. The maximum atomic E-state index is 12.1. The molecule has 4 heteroatoms. The fraction of sp³-hybridized carbons (Fsp3) is 0.111. The maximum absolute atomic E-state index is 12.1. The van der Waals surface area contributed by atoms with Gasteiger partial charge in [-0.05, 0) is 71.8 Å². The normalized spacial score (nSPS) is 11.2. The molecule has 6 aromatic carbocycles. The van der Waals surface area contributed by atoms with Gasteiger partial charge in [0.25, 0.3) is 0 Å². The molecule has 0 saturated heterocycles. The average Bonchev–Trinajstić information content (AvgIpc) is 2.97. The van der Waals surface area contributed by atoms with E-state index in [0.717, 1.165) is 43.8 Å². The predicted octanol–water partition coefficient (Wildman–Crippen LogP) is 9.04. The van der Waals surface area contributed by atoms with Crippen LogP contribution >= 0.6 is 0 Å². The Kier molecular flexibility index (Phi) is 6.31. The Hall–Kier alpha value is -4.96. The van der Waals surface area contributed by atoms with Gasteiger partial charge in [0.15, 0.2) is 0 Å². The van der Waals surface area contributed by atoms with Crippen LogP contribution in [-0.4, -0.2) is 24.4 Å². The smallest absolute Gasteiger partial charge is 0.132 e. The summed E-state index contributed by atoms with van der Waals surface area (Å²) in [7, 11) is 3.26. The Morgan fingerprint density at radius 2 is 0.875 bits per heavy atom. The fourth-order valence-electron chi connectivity index (χ4n) is 5.65. The lowest BCUT2D eigenvalue weighted by molar-refractivity contribution is 0.415. The summed E-state index contributed by atoms with van der Waals surface area (Å²) in [6.45, 7) is 4.03. The maximum Gasteiger partial charge on any atom is 0.132 e. The molecule has 0 radical (unpaired) electrons. The third-order valence-corrected chi connectivity index (χ3v) is 7.58. The van der Waals surface area contributed by atoms with Gasteiger partial charge in [-0.15, -0.1) is 0 Å². The van der Waals surface area contributed by atoms with Crippen molar-refractivity contribution in [1.82, 2.24) is 0 Å². The number of phenols is 2. The molecule has 198 valence electrons. The standard InChI is InChI=1S/C36H30O4/c1-21-13-15-31(39-3)27(17-21)29-19-23-9-5-7-11-25(23)33(35(29)37)34-26-12-8-6-10-24(26)20-30(36(34)38)28-18-22(2)14-16-32(28)40-4/h5-20,37-38H,1-4H3. The number of methoxy groups -OCH3 is 2. The van der Waals surface area contributed by atoms with Crippen molar-refractivity contribution in [1.29, 1.82) is 0 Å². The van der Waals surface area contributed by atoms with Gasteiger partial charge in [0.2, 0.25) is 0 Å². The highest BCUT2D eigenvalue weighted by molar-refractivity contribution is 6.14. The van der Waals surface area contributed by atoms with Gasteiger partial charge in [0.1, 0.15) is 23.0 Å². The van der Waals surface area contributed by atoms with Crippen molar-refractivity contribution >= 4 is 21.5 Å². The van der Waals surface area contributed by atoms with E-state index in [1.807, 2.05) is 111 Å². The molecule has 0 aliphatic carbocycles. The molecule has 4 nitrogen and oxygen atoms in total. The first-order chi connectivity index (χ1) is 19.4. The van der Waals surface area contributed by atoms with Crippen LogP contribution in [0.4, 0.5) is 0 Å².